The van der Waals surface area contributed by atoms with Gasteiger partial charge >= 0.3 is 0 Å². The van der Waals surface area contributed by atoms with Crippen LogP contribution in [0.15, 0.2) is 71.2 Å². The highest BCUT2D eigenvalue weighted by Crippen LogP contribution is 2.28. The van der Waals surface area contributed by atoms with E-state index in [9.17, 15) is 9.18 Å². The first-order valence-electron chi connectivity index (χ1n) is 8.88. The average molecular weight is 459 g/mol. The quantitative estimate of drug-likeness (QED) is 0.485. The van der Waals surface area contributed by atoms with Crippen LogP contribution < -0.4 is 20.1 Å². The summed E-state index contributed by atoms with van der Waals surface area (Å²) in [5.74, 6) is -0.0124. The van der Waals surface area contributed by atoms with Gasteiger partial charge in [0.05, 0.1) is 12.8 Å². The van der Waals surface area contributed by atoms with Crippen LogP contribution in [-0.2, 0) is 11.3 Å². The van der Waals surface area contributed by atoms with E-state index in [0.717, 1.165) is 15.7 Å². The van der Waals surface area contributed by atoms with Crippen molar-refractivity contribution < 1.29 is 18.7 Å². The lowest BCUT2D eigenvalue weighted by Gasteiger charge is -2.13. The first-order chi connectivity index (χ1) is 14.0. The molecule has 2 N–H and O–H groups in total. The lowest BCUT2D eigenvalue weighted by atomic mass is 10.2. The molecule has 0 aliphatic heterocycles. The smallest absolute Gasteiger partial charge is 0.262 e. The van der Waals surface area contributed by atoms with Gasteiger partial charge in [0.1, 0.15) is 5.82 Å². The number of carbonyl (C=O) groups is 1. The monoisotopic (exact) mass is 458 g/mol. The Kier molecular flexibility index (Phi) is 7.08. The van der Waals surface area contributed by atoms with Crippen molar-refractivity contribution in [3.05, 3.63) is 82.6 Å². The molecule has 0 unspecified atom stereocenters. The van der Waals surface area contributed by atoms with Gasteiger partial charge in [-0.2, -0.15) is 0 Å². The molecule has 7 heteroatoms. The maximum atomic E-state index is 13.6. The second-order valence-corrected chi connectivity index (χ2v) is 7.08. The van der Waals surface area contributed by atoms with Crippen LogP contribution in [0.1, 0.15) is 5.56 Å². The SMILES string of the molecule is COc1cc(CNc2ccc(Br)cc2)ccc1OCC(=O)Nc1ccccc1F. The van der Waals surface area contributed by atoms with Crippen LogP contribution in [0.2, 0.25) is 0 Å². The summed E-state index contributed by atoms with van der Waals surface area (Å²) in [6.45, 7) is 0.341. The minimum absolute atomic E-state index is 0.113. The number of rotatable bonds is 8. The van der Waals surface area contributed by atoms with Crippen molar-refractivity contribution in [1.82, 2.24) is 0 Å². The normalized spacial score (nSPS) is 10.3. The molecule has 0 radical (unpaired) electrons. The largest absolute Gasteiger partial charge is 0.493 e. The zero-order valence-electron chi connectivity index (χ0n) is 15.7. The van der Waals surface area contributed by atoms with E-state index in [1.54, 1.807) is 18.2 Å². The third kappa shape index (κ3) is 5.96. The lowest BCUT2D eigenvalue weighted by molar-refractivity contribution is -0.118. The van der Waals surface area contributed by atoms with Crippen LogP contribution in [0.5, 0.6) is 11.5 Å². The highest BCUT2D eigenvalue weighted by molar-refractivity contribution is 9.10. The molecule has 0 spiro atoms. The van der Waals surface area contributed by atoms with Gasteiger partial charge in [-0.1, -0.05) is 34.1 Å². The molecular weight excluding hydrogens is 439 g/mol. The molecule has 0 atom stereocenters. The van der Waals surface area contributed by atoms with Gasteiger partial charge in [0.2, 0.25) is 0 Å². The van der Waals surface area contributed by atoms with Crippen LogP contribution in [0, 0.1) is 5.82 Å². The third-order valence-electron chi connectivity index (χ3n) is 4.08. The zero-order chi connectivity index (χ0) is 20.6. The molecule has 3 aromatic carbocycles. The van der Waals surface area contributed by atoms with Crippen LogP contribution >= 0.6 is 15.9 Å². The molecule has 29 heavy (non-hydrogen) atoms. The Hall–Kier alpha value is -3.06. The highest BCUT2D eigenvalue weighted by Gasteiger charge is 2.10. The van der Waals surface area contributed by atoms with Crippen LogP contribution in [0.4, 0.5) is 15.8 Å². The molecule has 0 bridgehead atoms. The van der Waals surface area contributed by atoms with Gasteiger partial charge in [0, 0.05) is 16.7 Å². The number of nitrogens with one attached hydrogen (secondary N) is 2. The summed E-state index contributed by atoms with van der Waals surface area (Å²) in [5.41, 5.74) is 2.10. The summed E-state index contributed by atoms with van der Waals surface area (Å²) in [4.78, 5) is 12.0. The molecule has 0 saturated carbocycles. The van der Waals surface area contributed by atoms with Crippen molar-refractivity contribution in [2.45, 2.75) is 6.54 Å². The number of carbonyl (C=O) groups excluding carboxylic acids is 1. The van der Waals surface area contributed by atoms with Gasteiger partial charge in [-0.15, -0.1) is 0 Å². The first kappa shape index (κ1) is 20.7. The van der Waals surface area contributed by atoms with Crippen LogP contribution in [0.25, 0.3) is 0 Å². The Bertz CT molecular complexity index is 980. The van der Waals surface area contributed by atoms with Gasteiger partial charge in [-0.05, 0) is 54.1 Å². The fraction of sp³-hybridized carbons (Fsp3) is 0.136. The Morgan fingerprint density at radius 1 is 1.03 bits per heavy atom. The van der Waals surface area contributed by atoms with Crippen molar-refractivity contribution in [3.63, 3.8) is 0 Å². The highest BCUT2D eigenvalue weighted by atomic mass is 79.9. The van der Waals surface area contributed by atoms with E-state index in [0.29, 0.717) is 18.0 Å². The fourth-order valence-corrected chi connectivity index (χ4v) is 2.87. The molecule has 1 amide bonds. The first-order valence-corrected chi connectivity index (χ1v) is 9.68. The van der Waals surface area contributed by atoms with Crippen molar-refractivity contribution in [2.75, 3.05) is 24.4 Å². The molecule has 0 saturated heterocycles. The van der Waals surface area contributed by atoms with Crippen molar-refractivity contribution in [2.24, 2.45) is 0 Å². The molecule has 150 valence electrons. The van der Waals surface area contributed by atoms with E-state index >= 15 is 0 Å². The topological polar surface area (TPSA) is 59.6 Å². The molecule has 3 aromatic rings. The van der Waals surface area contributed by atoms with Gasteiger partial charge < -0.3 is 20.1 Å². The summed E-state index contributed by atoms with van der Waals surface area (Å²) < 4.78 is 25.5. The van der Waals surface area contributed by atoms with Crippen molar-refractivity contribution in [1.29, 1.82) is 0 Å². The van der Waals surface area contributed by atoms with Gasteiger partial charge in [-0.25, -0.2) is 4.39 Å². The number of benzene rings is 3. The molecule has 0 aliphatic carbocycles. The Balaban J connectivity index is 1.57. The number of halogens is 2. The standard InChI is InChI=1S/C22H20BrFN2O3/c1-28-21-12-15(13-25-17-9-7-16(23)8-10-17)6-11-20(21)29-14-22(27)26-19-5-3-2-4-18(19)24/h2-12,25H,13-14H2,1H3,(H,26,27). The molecule has 3 rings (SSSR count). The van der Waals surface area contributed by atoms with Gasteiger partial charge in [0.25, 0.3) is 5.91 Å². The Labute approximate surface area is 177 Å². The number of para-hydroxylation sites is 1. The van der Waals surface area contributed by atoms with Gasteiger partial charge in [-0.3, -0.25) is 4.79 Å². The summed E-state index contributed by atoms with van der Waals surface area (Å²) in [6.07, 6.45) is 0. The Morgan fingerprint density at radius 2 is 1.79 bits per heavy atom. The van der Waals surface area contributed by atoms with E-state index < -0.39 is 11.7 Å². The molecule has 5 nitrogen and oxygen atoms in total. The number of ether oxygens (including phenoxy) is 2. The van der Waals surface area contributed by atoms with E-state index in [4.69, 9.17) is 9.47 Å². The van der Waals surface area contributed by atoms with E-state index in [1.807, 2.05) is 36.4 Å². The fourth-order valence-electron chi connectivity index (χ4n) is 2.61. The molecule has 0 fully saturated rings. The average Bonchev–Trinajstić information content (AvgIpc) is 2.73. The number of amides is 1. The second kappa shape index (κ2) is 9.93. The summed E-state index contributed by atoms with van der Waals surface area (Å²) in [6, 6.07) is 19.3. The summed E-state index contributed by atoms with van der Waals surface area (Å²) in [7, 11) is 1.54. The number of hydrogen-bond acceptors (Lipinski definition) is 4. The molecule has 0 heterocycles. The van der Waals surface area contributed by atoms with E-state index in [1.165, 1.54) is 19.2 Å². The predicted molar refractivity (Wildman–Crippen MR) is 115 cm³/mol. The number of anilines is 2. The minimum atomic E-state index is -0.499. The summed E-state index contributed by atoms with van der Waals surface area (Å²) >= 11 is 3.41. The minimum Gasteiger partial charge on any atom is -0.493 e. The third-order valence-corrected chi connectivity index (χ3v) is 4.60. The second-order valence-electron chi connectivity index (χ2n) is 6.16. The maximum Gasteiger partial charge on any atom is 0.262 e. The van der Waals surface area contributed by atoms with Gasteiger partial charge in [0.15, 0.2) is 18.1 Å². The van der Waals surface area contributed by atoms with E-state index in [2.05, 4.69) is 26.6 Å². The summed E-state index contributed by atoms with van der Waals surface area (Å²) in [5, 5.41) is 5.80. The molecule has 0 aromatic heterocycles. The number of methoxy groups -OCH3 is 1. The Morgan fingerprint density at radius 3 is 2.52 bits per heavy atom. The zero-order valence-corrected chi connectivity index (χ0v) is 17.3. The maximum absolute atomic E-state index is 13.6. The molecular formula is C22H20BrFN2O3. The van der Waals surface area contributed by atoms with Crippen LogP contribution in [0.3, 0.4) is 0 Å². The van der Waals surface area contributed by atoms with Crippen molar-refractivity contribution >= 4 is 33.2 Å². The lowest BCUT2D eigenvalue weighted by Crippen LogP contribution is -2.21. The van der Waals surface area contributed by atoms with Crippen LogP contribution in [-0.4, -0.2) is 19.6 Å². The predicted octanol–water partition coefficient (Wildman–Crippen LogP) is 5.23. The van der Waals surface area contributed by atoms with Crippen molar-refractivity contribution in [3.8, 4) is 11.5 Å². The van der Waals surface area contributed by atoms with E-state index in [-0.39, 0.29) is 12.3 Å². The number of hydrogen-bond donors (Lipinski definition) is 2. The molecule has 0 aliphatic rings.